The van der Waals surface area contributed by atoms with Gasteiger partial charge in [-0.15, -0.1) is 17.6 Å². The molecule has 33 heavy (non-hydrogen) atoms. The van der Waals surface area contributed by atoms with Gasteiger partial charge in [0.2, 0.25) is 0 Å². The number of hydrogen-bond acceptors (Lipinski definition) is 2. The molecule has 1 unspecified atom stereocenters. The fourth-order valence-electron chi connectivity index (χ4n) is 1.51. The molecule has 0 rings (SSSR count). The third-order valence-electron chi connectivity index (χ3n) is 3.41. The van der Waals surface area contributed by atoms with Crippen molar-refractivity contribution in [1.29, 1.82) is 0 Å². The number of halogens is 19. The first-order valence-corrected chi connectivity index (χ1v) is 7.74. The molecule has 23 heteroatoms. The molecule has 0 bridgehead atoms. The van der Waals surface area contributed by atoms with Gasteiger partial charge in [0.05, 0.1) is 0 Å². The van der Waals surface area contributed by atoms with Crippen molar-refractivity contribution in [3.05, 3.63) is 0 Å². The Morgan fingerprint density at radius 1 is 0.515 bits per heavy atom. The number of carboxylic acid groups (broad SMARTS) is 1. The van der Waals surface area contributed by atoms with Crippen LogP contribution in [0.15, 0.2) is 0 Å². The largest absolute Gasteiger partial charge is 0.606 e. The first kappa shape index (κ1) is 31.4. The number of aliphatic carboxylic acids is 1. The fourth-order valence-corrected chi connectivity index (χ4v) is 2.35. The zero-order chi connectivity index (χ0) is 27.7. The molecule has 0 fully saturated rings. The molecule has 0 aliphatic carbocycles. The Hall–Kier alpha value is -1.55. The summed E-state index contributed by atoms with van der Waals surface area (Å²) in [6.07, 6.45) is -7.97. The van der Waals surface area contributed by atoms with Crippen molar-refractivity contribution in [3.63, 3.8) is 0 Å². The molecule has 0 aromatic carbocycles. The number of carboxylic acids is 1. The maximum Gasteiger partial charge on any atom is 0.513 e. The van der Waals surface area contributed by atoms with E-state index >= 15 is 0 Å². The van der Waals surface area contributed by atoms with Crippen LogP contribution in [-0.4, -0.2) is 67.8 Å². The lowest BCUT2D eigenvalue weighted by atomic mass is 9.91. The monoisotopic (exact) mass is 562 g/mol. The summed E-state index contributed by atoms with van der Waals surface area (Å²) in [5.74, 6) is -57.0. The lowest BCUT2D eigenvalue weighted by Gasteiger charge is -2.42. The van der Waals surface area contributed by atoms with Gasteiger partial charge in [0.1, 0.15) is 11.2 Å². The van der Waals surface area contributed by atoms with Gasteiger partial charge in [-0.25, -0.2) is 4.79 Å². The van der Waals surface area contributed by atoms with Crippen LogP contribution in [0.2, 0.25) is 0 Å². The molecule has 0 aromatic heterocycles. The van der Waals surface area contributed by atoms with Crippen LogP contribution in [0.25, 0.3) is 0 Å². The fraction of sp³-hybridized carbons (Fsp3) is 0.900. The summed E-state index contributed by atoms with van der Waals surface area (Å²) in [5, 5.41) is -7.04. The molecular formula is C10HF19O3S. The molecule has 0 radical (unpaired) electrons. The summed E-state index contributed by atoms with van der Waals surface area (Å²) in [4.78, 5) is 9.91. The average molecular weight is 562 g/mol. The van der Waals surface area contributed by atoms with Crippen molar-refractivity contribution in [1.82, 2.24) is 0 Å². The molecule has 0 aliphatic rings. The first-order chi connectivity index (χ1) is 13.8. The minimum absolute atomic E-state index is 4.09. The predicted octanol–water partition coefficient (Wildman–Crippen LogP) is 5.38. The molecule has 3 nitrogen and oxygen atoms in total. The van der Waals surface area contributed by atoms with E-state index in [2.05, 4.69) is 0 Å². The Morgan fingerprint density at radius 2 is 0.758 bits per heavy atom. The van der Waals surface area contributed by atoms with E-state index in [-0.39, 0.29) is 0 Å². The quantitative estimate of drug-likeness (QED) is 0.304. The molecule has 1 N–H and O–H groups in total. The Morgan fingerprint density at radius 3 is 1.00 bits per heavy atom. The van der Waals surface area contributed by atoms with Gasteiger partial charge in [-0.3, -0.25) is 0 Å². The van der Waals surface area contributed by atoms with Gasteiger partial charge in [0, 0.05) is 0 Å². The average Bonchev–Trinajstić information content (AvgIpc) is 2.58. The Balaban J connectivity index is 6.92. The molecular weight excluding hydrogens is 561 g/mol. The van der Waals surface area contributed by atoms with E-state index in [9.17, 15) is 92.8 Å². The minimum atomic E-state index is -9.06. The number of carbonyl (C=O) groups is 1. The summed E-state index contributed by atoms with van der Waals surface area (Å²) in [6, 6.07) is 0. The maximum atomic E-state index is 13.3. The van der Waals surface area contributed by atoms with E-state index in [1.165, 1.54) is 0 Å². The second kappa shape index (κ2) is 7.73. The van der Waals surface area contributed by atoms with E-state index in [1.807, 2.05) is 0 Å². The third-order valence-corrected chi connectivity index (χ3v) is 4.77. The van der Waals surface area contributed by atoms with E-state index in [0.29, 0.717) is 0 Å². The van der Waals surface area contributed by atoms with Crippen molar-refractivity contribution in [3.8, 4) is 0 Å². The molecule has 0 aromatic rings. The molecule has 0 spiro atoms. The van der Waals surface area contributed by atoms with Gasteiger partial charge < -0.3 is 9.66 Å². The molecule has 1 atom stereocenters. The summed E-state index contributed by atoms with van der Waals surface area (Å²) in [5.41, 5.74) is 0. The SMILES string of the molecule is O=C(O)C(F)(F)[S+]([O-])C(F)(F)C(F)(F)C(F)(F)C(F)(F)C(F)(F)C(F)(F)C(F)(F)C(F)(F)F. The second-order valence-electron chi connectivity index (χ2n) is 5.55. The summed E-state index contributed by atoms with van der Waals surface area (Å²) < 4.78 is 255. The van der Waals surface area contributed by atoms with E-state index < -0.39 is 69.4 Å². The van der Waals surface area contributed by atoms with E-state index in [4.69, 9.17) is 5.11 Å². The van der Waals surface area contributed by atoms with Crippen LogP contribution in [0.3, 0.4) is 0 Å². The van der Waals surface area contributed by atoms with Crippen LogP contribution in [-0.2, 0) is 16.0 Å². The van der Waals surface area contributed by atoms with Gasteiger partial charge in [-0.1, -0.05) is 0 Å². The number of hydrogen-bond donors (Lipinski definition) is 1. The van der Waals surface area contributed by atoms with Crippen LogP contribution in [0.5, 0.6) is 0 Å². The highest BCUT2D eigenvalue weighted by molar-refractivity contribution is 7.94. The Kier molecular flexibility index (Phi) is 7.37. The number of alkyl halides is 19. The van der Waals surface area contributed by atoms with Gasteiger partial charge in [0.15, 0.2) is 0 Å². The second-order valence-corrected chi connectivity index (χ2v) is 7.11. The molecule has 0 heterocycles. The highest BCUT2D eigenvalue weighted by atomic mass is 32.2. The topological polar surface area (TPSA) is 60.4 Å². The highest BCUT2D eigenvalue weighted by Crippen LogP contribution is 2.64. The first-order valence-electron chi connectivity index (χ1n) is 6.59. The van der Waals surface area contributed by atoms with Crippen molar-refractivity contribution < 1.29 is 97.9 Å². The van der Waals surface area contributed by atoms with Crippen LogP contribution in [0.1, 0.15) is 0 Å². The maximum absolute atomic E-state index is 13.3. The summed E-state index contributed by atoms with van der Waals surface area (Å²) >= 11 is -6.59. The smallest absolute Gasteiger partial charge is 0.513 e. The minimum Gasteiger partial charge on any atom is -0.606 e. The standard InChI is InChI=1S/C10HF19O3S/c11-2(12,1(30)31)33(32)10(28,29)8(23,24)6(19,20)4(15,16)3(13,14)5(17,18)7(21,22)9(25,26)27/h(H,30,31). The lowest BCUT2D eigenvalue weighted by molar-refractivity contribution is -0.458. The Bertz CT molecular complexity index is 755. The molecule has 198 valence electrons. The molecule has 0 saturated heterocycles. The number of rotatable bonds is 9. The summed E-state index contributed by atoms with van der Waals surface area (Å²) in [7, 11) is 0. The van der Waals surface area contributed by atoms with Gasteiger partial charge >= 0.3 is 58.2 Å². The summed E-state index contributed by atoms with van der Waals surface area (Å²) in [6.45, 7) is 0. The molecule has 0 aliphatic heterocycles. The van der Waals surface area contributed by atoms with Crippen LogP contribution in [0.4, 0.5) is 83.4 Å². The highest BCUT2D eigenvalue weighted by Gasteiger charge is 2.97. The van der Waals surface area contributed by atoms with Gasteiger partial charge in [-0.2, -0.15) is 65.9 Å². The zero-order valence-corrected chi connectivity index (χ0v) is 14.7. The van der Waals surface area contributed by atoms with Gasteiger partial charge in [-0.05, 0) is 0 Å². The van der Waals surface area contributed by atoms with E-state index in [1.54, 1.807) is 0 Å². The van der Waals surface area contributed by atoms with Crippen LogP contribution < -0.4 is 0 Å². The Labute approximate surface area is 168 Å². The van der Waals surface area contributed by atoms with Crippen molar-refractivity contribution >= 4 is 17.1 Å². The van der Waals surface area contributed by atoms with E-state index in [0.717, 1.165) is 0 Å². The van der Waals surface area contributed by atoms with Crippen molar-refractivity contribution in [2.45, 2.75) is 52.2 Å². The van der Waals surface area contributed by atoms with Crippen molar-refractivity contribution in [2.75, 3.05) is 0 Å². The molecule has 0 amide bonds. The van der Waals surface area contributed by atoms with Crippen LogP contribution >= 0.6 is 0 Å². The third kappa shape index (κ3) is 3.90. The lowest BCUT2D eigenvalue weighted by Crippen LogP contribution is -2.75. The van der Waals surface area contributed by atoms with Crippen molar-refractivity contribution in [2.24, 2.45) is 0 Å². The molecule has 0 saturated carbocycles. The zero-order valence-electron chi connectivity index (χ0n) is 13.9. The van der Waals surface area contributed by atoms with Gasteiger partial charge in [0.25, 0.3) is 0 Å². The predicted molar refractivity (Wildman–Crippen MR) is 61.4 cm³/mol. The van der Waals surface area contributed by atoms with Crippen LogP contribution in [0, 0.1) is 0 Å². The normalized spacial score (nSPS) is 17.2.